The fraction of sp³-hybridized carbons (Fsp3) is 0.300. The molecule has 0 saturated carbocycles. The Morgan fingerprint density at radius 1 is 1.08 bits per heavy atom. The molecule has 138 valence electrons. The molecule has 2 amide bonds. The summed E-state index contributed by atoms with van der Waals surface area (Å²) in [4.78, 5) is 25.1. The Bertz CT molecular complexity index is 788. The number of amides is 2. The molecule has 2 aromatic rings. The van der Waals surface area contributed by atoms with E-state index in [-0.39, 0.29) is 17.7 Å². The molecule has 0 aliphatic heterocycles. The van der Waals surface area contributed by atoms with E-state index < -0.39 is 6.04 Å². The largest absolute Gasteiger partial charge is 0.497 e. The molecule has 0 spiro atoms. The van der Waals surface area contributed by atoms with Crippen LogP contribution in [0.3, 0.4) is 0 Å². The first-order chi connectivity index (χ1) is 12.3. The zero-order valence-electron chi connectivity index (χ0n) is 15.3. The highest BCUT2D eigenvalue weighted by Gasteiger charge is 2.25. The molecular formula is C20H23ClN2O3. The molecule has 0 aliphatic rings. The Labute approximate surface area is 158 Å². The second-order valence-corrected chi connectivity index (χ2v) is 6.80. The van der Waals surface area contributed by atoms with Gasteiger partial charge >= 0.3 is 0 Å². The Morgan fingerprint density at radius 2 is 1.73 bits per heavy atom. The van der Waals surface area contributed by atoms with Gasteiger partial charge in [-0.05, 0) is 54.8 Å². The predicted octanol–water partition coefficient (Wildman–Crippen LogP) is 4.05. The zero-order chi connectivity index (χ0) is 19.3. The molecule has 1 atom stereocenters. The summed E-state index contributed by atoms with van der Waals surface area (Å²) in [5, 5.41) is 6.04. The Balaban J connectivity index is 2.11. The van der Waals surface area contributed by atoms with Crippen molar-refractivity contribution in [3.63, 3.8) is 0 Å². The van der Waals surface area contributed by atoms with Gasteiger partial charge in [-0.25, -0.2) is 0 Å². The van der Waals surface area contributed by atoms with E-state index in [4.69, 9.17) is 16.3 Å². The van der Waals surface area contributed by atoms with Crippen LogP contribution < -0.4 is 15.4 Å². The van der Waals surface area contributed by atoms with Gasteiger partial charge in [-0.15, -0.1) is 0 Å². The summed E-state index contributed by atoms with van der Waals surface area (Å²) in [5.74, 6) is -0.0701. The lowest BCUT2D eigenvalue weighted by Gasteiger charge is -2.22. The quantitative estimate of drug-likeness (QED) is 0.801. The molecule has 2 aromatic carbocycles. The highest BCUT2D eigenvalue weighted by Crippen LogP contribution is 2.23. The van der Waals surface area contributed by atoms with Gasteiger partial charge in [0.25, 0.3) is 5.91 Å². The standard InChI is InChI=1S/C20H23ClN2O3/c1-12(2)18(20(25)22-17-10-5-13(3)11-16(17)21)23-19(24)14-6-8-15(26-4)9-7-14/h5-12,18H,1-4H3,(H,22,25)(H,23,24). The molecule has 0 fully saturated rings. The Hall–Kier alpha value is -2.53. The molecule has 2 N–H and O–H groups in total. The van der Waals surface area contributed by atoms with E-state index in [0.29, 0.717) is 22.0 Å². The number of methoxy groups -OCH3 is 1. The molecule has 0 bridgehead atoms. The molecule has 2 rings (SSSR count). The third kappa shape index (κ3) is 4.99. The number of benzene rings is 2. The summed E-state index contributed by atoms with van der Waals surface area (Å²) in [5.41, 5.74) is 1.98. The fourth-order valence-corrected chi connectivity index (χ4v) is 2.72. The molecule has 6 heteroatoms. The third-order valence-electron chi connectivity index (χ3n) is 3.97. The first-order valence-electron chi connectivity index (χ1n) is 8.33. The van der Waals surface area contributed by atoms with E-state index in [0.717, 1.165) is 5.56 Å². The predicted molar refractivity (Wildman–Crippen MR) is 104 cm³/mol. The van der Waals surface area contributed by atoms with E-state index in [9.17, 15) is 9.59 Å². The van der Waals surface area contributed by atoms with Crippen LogP contribution in [0.1, 0.15) is 29.8 Å². The van der Waals surface area contributed by atoms with Gasteiger partial charge in [-0.3, -0.25) is 9.59 Å². The lowest BCUT2D eigenvalue weighted by atomic mass is 10.0. The first kappa shape index (κ1) is 19.8. The van der Waals surface area contributed by atoms with Crippen LogP contribution in [0.5, 0.6) is 5.75 Å². The van der Waals surface area contributed by atoms with Gasteiger partial charge in [0.05, 0.1) is 17.8 Å². The second-order valence-electron chi connectivity index (χ2n) is 6.40. The molecular weight excluding hydrogens is 352 g/mol. The van der Waals surface area contributed by atoms with Crippen LogP contribution in [-0.4, -0.2) is 25.0 Å². The van der Waals surface area contributed by atoms with Gasteiger partial charge in [-0.1, -0.05) is 31.5 Å². The number of ether oxygens (including phenoxy) is 1. The van der Waals surface area contributed by atoms with Crippen molar-refractivity contribution in [2.75, 3.05) is 12.4 Å². The second kappa shape index (κ2) is 8.72. The smallest absolute Gasteiger partial charge is 0.251 e. The van der Waals surface area contributed by atoms with E-state index in [1.807, 2.05) is 26.8 Å². The van der Waals surface area contributed by atoms with Gasteiger partial charge in [0.2, 0.25) is 5.91 Å². The van der Waals surface area contributed by atoms with Crippen molar-refractivity contribution in [3.8, 4) is 5.75 Å². The number of anilines is 1. The maximum atomic E-state index is 12.7. The zero-order valence-corrected chi connectivity index (χ0v) is 16.1. The number of hydrogen-bond acceptors (Lipinski definition) is 3. The highest BCUT2D eigenvalue weighted by molar-refractivity contribution is 6.33. The number of carbonyl (C=O) groups is 2. The molecule has 0 aromatic heterocycles. The van der Waals surface area contributed by atoms with Crippen molar-refractivity contribution in [2.24, 2.45) is 5.92 Å². The van der Waals surface area contributed by atoms with Crippen molar-refractivity contribution in [2.45, 2.75) is 26.8 Å². The van der Waals surface area contributed by atoms with Gasteiger partial charge < -0.3 is 15.4 Å². The maximum Gasteiger partial charge on any atom is 0.251 e. The third-order valence-corrected chi connectivity index (χ3v) is 4.28. The van der Waals surface area contributed by atoms with Crippen molar-refractivity contribution in [1.29, 1.82) is 0 Å². The molecule has 26 heavy (non-hydrogen) atoms. The molecule has 0 aliphatic carbocycles. The van der Waals surface area contributed by atoms with Gasteiger partial charge in [0.15, 0.2) is 0 Å². The molecule has 5 nitrogen and oxygen atoms in total. The summed E-state index contributed by atoms with van der Waals surface area (Å²) in [6.07, 6.45) is 0. The minimum atomic E-state index is -0.693. The van der Waals surface area contributed by atoms with Crippen molar-refractivity contribution < 1.29 is 14.3 Å². The first-order valence-corrected chi connectivity index (χ1v) is 8.71. The maximum absolute atomic E-state index is 12.7. The minimum absolute atomic E-state index is 0.0959. The van der Waals surface area contributed by atoms with Crippen LogP contribution >= 0.6 is 11.6 Å². The summed E-state index contributed by atoms with van der Waals surface area (Å²) in [6, 6.07) is 11.4. The fourth-order valence-electron chi connectivity index (χ4n) is 2.43. The van der Waals surface area contributed by atoms with Crippen molar-refractivity contribution in [1.82, 2.24) is 5.32 Å². The number of nitrogens with one attached hydrogen (secondary N) is 2. The molecule has 0 heterocycles. The average molecular weight is 375 g/mol. The van der Waals surface area contributed by atoms with Crippen LogP contribution in [0, 0.1) is 12.8 Å². The summed E-state index contributed by atoms with van der Waals surface area (Å²) >= 11 is 6.17. The number of carbonyl (C=O) groups excluding carboxylic acids is 2. The topological polar surface area (TPSA) is 67.4 Å². The van der Waals surface area contributed by atoms with Crippen molar-refractivity contribution >= 4 is 29.1 Å². The van der Waals surface area contributed by atoms with E-state index in [1.54, 1.807) is 43.5 Å². The normalized spacial score (nSPS) is 11.8. The Kier molecular flexibility index (Phi) is 6.64. The number of halogens is 1. The lowest BCUT2D eigenvalue weighted by Crippen LogP contribution is -2.47. The van der Waals surface area contributed by atoms with Crippen LogP contribution in [0.25, 0.3) is 0 Å². The van der Waals surface area contributed by atoms with Gasteiger partial charge in [0.1, 0.15) is 11.8 Å². The van der Waals surface area contributed by atoms with Gasteiger partial charge in [0, 0.05) is 5.56 Å². The van der Waals surface area contributed by atoms with Crippen LogP contribution in [-0.2, 0) is 4.79 Å². The Morgan fingerprint density at radius 3 is 2.27 bits per heavy atom. The molecule has 1 unspecified atom stereocenters. The monoisotopic (exact) mass is 374 g/mol. The molecule has 0 radical (unpaired) electrons. The van der Waals surface area contributed by atoms with Crippen LogP contribution in [0.4, 0.5) is 5.69 Å². The lowest BCUT2D eigenvalue weighted by molar-refractivity contribution is -0.118. The summed E-state index contributed by atoms with van der Waals surface area (Å²) < 4.78 is 5.08. The highest BCUT2D eigenvalue weighted by atomic mass is 35.5. The minimum Gasteiger partial charge on any atom is -0.497 e. The number of hydrogen-bond donors (Lipinski definition) is 2. The molecule has 0 saturated heterocycles. The number of rotatable bonds is 6. The summed E-state index contributed by atoms with van der Waals surface area (Å²) in [7, 11) is 1.56. The summed E-state index contributed by atoms with van der Waals surface area (Å²) in [6.45, 7) is 5.66. The average Bonchev–Trinajstić information content (AvgIpc) is 2.61. The SMILES string of the molecule is COc1ccc(C(=O)NC(C(=O)Nc2ccc(C)cc2Cl)C(C)C)cc1. The van der Waals surface area contributed by atoms with Crippen LogP contribution in [0.15, 0.2) is 42.5 Å². The number of aryl methyl sites for hydroxylation is 1. The van der Waals surface area contributed by atoms with E-state index in [2.05, 4.69) is 10.6 Å². The van der Waals surface area contributed by atoms with E-state index in [1.165, 1.54) is 0 Å². The van der Waals surface area contributed by atoms with Crippen molar-refractivity contribution in [3.05, 3.63) is 58.6 Å². The van der Waals surface area contributed by atoms with Gasteiger partial charge in [-0.2, -0.15) is 0 Å². The van der Waals surface area contributed by atoms with Crippen LogP contribution in [0.2, 0.25) is 5.02 Å². The van der Waals surface area contributed by atoms with E-state index >= 15 is 0 Å².